The van der Waals surface area contributed by atoms with E-state index in [1.807, 2.05) is 19.2 Å². The molecule has 0 aliphatic rings. The van der Waals surface area contributed by atoms with E-state index in [2.05, 4.69) is 10.3 Å². The van der Waals surface area contributed by atoms with Crippen molar-refractivity contribution >= 4 is 40.8 Å². The lowest BCUT2D eigenvalue weighted by Gasteiger charge is -2.13. The molecule has 6 nitrogen and oxygen atoms in total. The second-order valence-electron chi connectivity index (χ2n) is 5.98. The Morgan fingerprint density at radius 2 is 1.96 bits per heavy atom. The van der Waals surface area contributed by atoms with E-state index in [9.17, 15) is 14.4 Å². The summed E-state index contributed by atoms with van der Waals surface area (Å²) in [4.78, 5) is 39.3. The van der Waals surface area contributed by atoms with Crippen molar-refractivity contribution < 1.29 is 19.1 Å². The van der Waals surface area contributed by atoms with Gasteiger partial charge >= 0.3 is 5.97 Å². The Morgan fingerprint density at radius 3 is 2.56 bits per heavy atom. The molecule has 0 bridgehead atoms. The van der Waals surface area contributed by atoms with Crippen molar-refractivity contribution in [3.8, 4) is 0 Å². The maximum atomic E-state index is 12.1. The molecule has 0 radical (unpaired) electrons. The van der Waals surface area contributed by atoms with E-state index >= 15 is 0 Å². The zero-order chi connectivity index (χ0) is 19.8. The van der Waals surface area contributed by atoms with E-state index in [-0.39, 0.29) is 30.1 Å². The molecule has 0 spiro atoms. The van der Waals surface area contributed by atoms with E-state index < -0.39 is 5.97 Å². The number of carbonyl (C=O) groups excluding carboxylic acids is 3. The summed E-state index contributed by atoms with van der Waals surface area (Å²) in [5.74, 6) is 0.0222. The lowest BCUT2D eigenvalue weighted by molar-refractivity contribution is -0.139. The summed E-state index contributed by atoms with van der Waals surface area (Å²) in [7, 11) is 0. The van der Waals surface area contributed by atoms with Gasteiger partial charge in [0.1, 0.15) is 0 Å². The van der Waals surface area contributed by atoms with Crippen molar-refractivity contribution in [2.75, 3.05) is 12.4 Å². The number of nitrogens with zero attached hydrogens (tertiary/aromatic N) is 1. The van der Waals surface area contributed by atoms with Crippen LogP contribution in [-0.2, 0) is 20.1 Å². The molecular weight excluding hydrogens is 384 g/mol. The van der Waals surface area contributed by atoms with Gasteiger partial charge in [-0.15, -0.1) is 23.1 Å². The molecule has 1 N–H and O–H groups in total. The number of thiazole rings is 1. The van der Waals surface area contributed by atoms with Crippen LogP contribution in [0, 0.1) is 6.92 Å². The monoisotopic (exact) mass is 406 g/mol. The minimum atomic E-state index is -0.420. The Kier molecular flexibility index (Phi) is 7.99. The number of nitrogens with one attached hydrogen (secondary N) is 1. The summed E-state index contributed by atoms with van der Waals surface area (Å²) in [5.41, 5.74) is 2.31. The third-order valence-corrected chi connectivity index (χ3v) is 5.42. The first-order valence-electron chi connectivity index (χ1n) is 8.39. The van der Waals surface area contributed by atoms with Gasteiger partial charge in [-0.2, -0.15) is 0 Å². The smallest absolute Gasteiger partial charge is 0.316 e. The van der Waals surface area contributed by atoms with Gasteiger partial charge in [-0.1, -0.05) is 24.3 Å². The van der Waals surface area contributed by atoms with Crippen LogP contribution in [0.25, 0.3) is 0 Å². The highest BCUT2D eigenvalue weighted by Crippen LogP contribution is 2.16. The topological polar surface area (TPSA) is 85.4 Å². The number of aromatic nitrogens is 1. The van der Waals surface area contributed by atoms with Gasteiger partial charge < -0.3 is 10.1 Å². The number of thioether (sulfide) groups is 1. The Morgan fingerprint density at radius 1 is 1.26 bits per heavy atom. The molecular formula is C19H22N2O4S2. The third-order valence-electron chi connectivity index (χ3n) is 3.65. The highest BCUT2D eigenvalue weighted by molar-refractivity contribution is 7.99. The summed E-state index contributed by atoms with van der Waals surface area (Å²) in [5, 5.41) is 5.74. The van der Waals surface area contributed by atoms with Gasteiger partial charge in [-0.3, -0.25) is 14.4 Å². The average molecular weight is 407 g/mol. The van der Waals surface area contributed by atoms with Crippen molar-refractivity contribution in [3.63, 3.8) is 0 Å². The number of Topliss-reactive ketones (excluding diaryl/α,β-unsaturated/α-hetero) is 1. The van der Waals surface area contributed by atoms with Crippen molar-refractivity contribution in [2.45, 2.75) is 32.6 Å². The molecule has 8 heteroatoms. The number of carbonyl (C=O) groups is 3. The minimum absolute atomic E-state index is 0.114. The molecule has 0 saturated heterocycles. The van der Waals surface area contributed by atoms with Crippen molar-refractivity contribution in [2.24, 2.45) is 0 Å². The van der Waals surface area contributed by atoms with Gasteiger partial charge in [-0.05, 0) is 19.4 Å². The molecule has 1 amide bonds. The first-order chi connectivity index (χ1) is 12.8. The molecule has 0 aliphatic heterocycles. The van der Waals surface area contributed by atoms with Gasteiger partial charge in [0.05, 0.1) is 22.5 Å². The van der Waals surface area contributed by atoms with E-state index in [4.69, 9.17) is 4.74 Å². The summed E-state index contributed by atoms with van der Waals surface area (Å²) >= 11 is 2.98. The van der Waals surface area contributed by atoms with E-state index in [0.29, 0.717) is 11.3 Å². The van der Waals surface area contributed by atoms with Crippen LogP contribution in [0.4, 0.5) is 0 Å². The molecule has 0 saturated carbocycles. The van der Waals surface area contributed by atoms with Crippen molar-refractivity contribution in [3.05, 3.63) is 51.5 Å². The van der Waals surface area contributed by atoms with Crippen LogP contribution in [0.15, 0.2) is 29.6 Å². The van der Waals surface area contributed by atoms with E-state index in [1.165, 1.54) is 18.7 Å². The van der Waals surface area contributed by atoms with Gasteiger partial charge in [-0.25, -0.2) is 4.98 Å². The van der Waals surface area contributed by atoms with Crippen molar-refractivity contribution in [1.29, 1.82) is 0 Å². The number of ketones is 1. The average Bonchev–Trinajstić information content (AvgIpc) is 3.04. The summed E-state index contributed by atoms with van der Waals surface area (Å²) < 4.78 is 5.05. The van der Waals surface area contributed by atoms with Crippen LogP contribution in [0.3, 0.4) is 0 Å². The maximum Gasteiger partial charge on any atom is 0.316 e. The summed E-state index contributed by atoms with van der Waals surface area (Å²) in [6.45, 7) is 4.98. The molecule has 0 fully saturated rings. The molecule has 2 rings (SSSR count). The minimum Gasteiger partial charge on any atom is -0.457 e. The zero-order valence-corrected chi connectivity index (χ0v) is 17.1. The number of hydrogen-bond acceptors (Lipinski definition) is 7. The number of rotatable bonds is 9. The van der Waals surface area contributed by atoms with E-state index in [1.54, 1.807) is 35.6 Å². The maximum absolute atomic E-state index is 12.1. The zero-order valence-electron chi connectivity index (χ0n) is 15.5. The number of benzene rings is 1. The Labute approximate surface area is 166 Å². The van der Waals surface area contributed by atoms with Gasteiger partial charge in [0.2, 0.25) is 5.91 Å². The van der Waals surface area contributed by atoms with Crippen LogP contribution < -0.4 is 5.32 Å². The van der Waals surface area contributed by atoms with Gasteiger partial charge in [0, 0.05) is 23.6 Å². The van der Waals surface area contributed by atoms with Crippen LogP contribution in [0.1, 0.15) is 46.5 Å². The van der Waals surface area contributed by atoms with Crippen LogP contribution in [-0.4, -0.2) is 35.0 Å². The molecule has 27 heavy (non-hydrogen) atoms. The highest BCUT2D eigenvalue weighted by atomic mass is 32.2. The number of aryl methyl sites for hydroxylation is 1. The summed E-state index contributed by atoms with van der Waals surface area (Å²) in [6, 6.07) is 6.76. The van der Waals surface area contributed by atoms with Gasteiger partial charge in [0.15, 0.2) is 12.4 Å². The fraction of sp³-hybridized carbons (Fsp3) is 0.368. The molecule has 1 aromatic carbocycles. The number of hydrogen-bond donors (Lipinski definition) is 1. The molecule has 0 aliphatic carbocycles. The molecule has 1 heterocycles. The van der Waals surface area contributed by atoms with Gasteiger partial charge in [0.25, 0.3) is 0 Å². The second kappa shape index (κ2) is 10.2. The SMILES string of the molecule is CC(=O)N[C@@H](C)c1ccc(C(=O)COC(=O)CSCc2csc(C)n2)cc1. The normalized spacial score (nSPS) is 11.7. The van der Waals surface area contributed by atoms with Crippen LogP contribution in [0.5, 0.6) is 0 Å². The second-order valence-corrected chi connectivity index (χ2v) is 8.03. The lowest BCUT2D eigenvalue weighted by atomic mass is 10.0. The fourth-order valence-corrected chi connectivity index (χ4v) is 3.76. The quantitative estimate of drug-likeness (QED) is 0.508. The highest BCUT2D eigenvalue weighted by Gasteiger charge is 2.12. The Hall–Kier alpha value is -2.19. The molecule has 1 aromatic heterocycles. The summed E-state index contributed by atoms with van der Waals surface area (Å²) in [6.07, 6.45) is 0. The van der Waals surface area contributed by atoms with Crippen LogP contribution >= 0.6 is 23.1 Å². The number of esters is 1. The predicted octanol–water partition coefficient (Wildman–Crippen LogP) is 3.31. The van der Waals surface area contributed by atoms with E-state index in [0.717, 1.165) is 16.3 Å². The molecule has 1 atom stereocenters. The molecule has 2 aromatic rings. The Bertz CT molecular complexity index is 802. The molecule has 0 unspecified atom stereocenters. The van der Waals surface area contributed by atoms with Crippen molar-refractivity contribution in [1.82, 2.24) is 10.3 Å². The first kappa shape index (κ1) is 21.1. The Balaban J connectivity index is 1.74. The predicted molar refractivity (Wildman–Crippen MR) is 107 cm³/mol. The third kappa shape index (κ3) is 7.15. The van der Waals surface area contributed by atoms with Crippen LogP contribution in [0.2, 0.25) is 0 Å². The number of amides is 1. The lowest BCUT2D eigenvalue weighted by Crippen LogP contribution is -2.23. The fourth-order valence-electron chi connectivity index (χ4n) is 2.33. The number of ether oxygens (including phenoxy) is 1. The largest absolute Gasteiger partial charge is 0.457 e. The molecule has 144 valence electrons. The standard InChI is InChI=1S/C19H22N2O4S2/c1-12(20-13(2)22)15-4-6-16(7-5-15)18(23)8-25-19(24)11-26-9-17-10-27-14(3)21-17/h4-7,10,12H,8-9,11H2,1-3H3,(H,20,22)/t12-/m0/s1. The first-order valence-corrected chi connectivity index (χ1v) is 10.4.